The first-order chi connectivity index (χ1) is 14.9. The van der Waals surface area contributed by atoms with Gasteiger partial charge in [-0.25, -0.2) is 17.8 Å². The minimum atomic E-state index is -4.12. The molecule has 1 saturated carbocycles. The highest BCUT2D eigenvalue weighted by Crippen LogP contribution is 2.36. The quantitative estimate of drug-likeness (QED) is 0.573. The van der Waals surface area contributed by atoms with Crippen molar-refractivity contribution in [1.29, 1.82) is 0 Å². The summed E-state index contributed by atoms with van der Waals surface area (Å²) in [6, 6.07) is 7.38. The second-order valence-electron chi connectivity index (χ2n) is 7.55. The molecule has 1 fully saturated rings. The fraction of sp³-hybridized carbons (Fsp3) is 0.333. The molecule has 32 heavy (non-hydrogen) atoms. The van der Waals surface area contributed by atoms with Gasteiger partial charge in [0.25, 0.3) is 11.8 Å². The summed E-state index contributed by atoms with van der Waals surface area (Å²) in [5.74, 6) is -6.69. The number of sulfone groups is 1. The van der Waals surface area contributed by atoms with E-state index < -0.39 is 55.8 Å². The van der Waals surface area contributed by atoms with Crippen molar-refractivity contribution in [3.05, 3.63) is 64.7 Å². The molecule has 0 radical (unpaired) electrons. The molecule has 1 aromatic heterocycles. The van der Waals surface area contributed by atoms with E-state index in [1.807, 2.05) is 0 Å². The molecule has 1 N–H and O–H groups in total. The molecule has 1 aromatic carbocycles. The van der Waals surface area contributed by atoms with Crippen molar-refractivity contribution < 1.29 is 35.5 Å². The van der Waals surface area contributed by atoms with Crippen molar-refractivity contribution in [2.75, 3.05) is 6.26 Å². The number of hydrogen-bond acceptors (Lipinski definition) is 5. The van der Waals surface area contributed by atoms with Crippen molar-refractivity contribution in [3.8, 4) is 11.6 Å². The van der Waals surface area contributed by atoms with Crippen LogP contribution in [0, 0.1) is 11.7 Å². The number of amides is 1. The largest absolute Gasteiger partial charge is 0.438 e. The highest BCUT2D eigenvalue weighted by atomic mass is 32.2. The average molecular weight is 472 g/mol. The van der Waals surface area contributed by atoms with E-state index in [0.29, 0.717) is 32.1 Å². The summed E-state index contributed by atoms with van der Waals surface area (Å²) in [7, 11) is -4.12. The maximum atomic E-state index is 14.4. The van der Waals surface area contributed by atoms with Gasteiger partial charge in [0.1, 0.15) is 17.0 Å². The molecule has 6 nitrogen and oxygen atoms in total. The Balaban J connectivity index is 1.99. The molecule has 0 bridgehead atoms. The topological polar surface area (TPSA) is 85.4 Å². The van der Waals surface area contributed by atoms with Gasteiger partial charge in [-0.3, -0.25) is 4.79 Å². The first-order valence-corrected chi connectivity index (χ1v) is 11.5. The fourth-order valence-electron chi connectivity index (χ4n) is 2.87. The second-order valence-corrected chi connectivity index (χ2v) is 9.49. The van der Waals surface area contributed by atoms with E-state index in [9.17, 15) is 30.8 Å². The summed E-state index contributed by atoms with van der Waals surface area (Å²) >= 11 is 0. The number of halogens is 4. The van der Waals surface area contributed by atoms with Crippen LogP contribution in [0.15, 0.2) is 47.6 Å². The molecule has 1 aliphatic carbocycles. The van der Waals surface area contributed by atoms with Gasteiger partial charge in [0.05, 0.1) is 6.04 Å². The van der Waals surface area contributed by atoms with Gasteiger partial charge >= 0.3 is 0 Å². The zero-order chi connectivity index (χ0) is 23.7. The van der Waals surface area contributed by atoms with Gasteiger partial charge in [0.15, 0.2) is 5.82 Å². The molecule has 3 rings (SSSR count). The molecule has 2 aromatic rings. The number of aromatic nitrogens is 1. The van der Waals surface area contributed by atoms with E-state index >= 15 is 0 Å². The Morgan fingerprint density at radius 2 is 1.91 bits per heavy atom. The first-order valence-electron chi connectivity index (χ1n) is 9.56. The monoisotopic (exact) mass is 472 g/mol. The Morgan fingerprint density at radius 3 is 2.44 bits per heavy atom. The second kappa shape index (κ2) is 8.89. The Morgan fingerprint density at radius 1 is 1.28 bits per heavy atom. The van der Waals surface area contributed by atoms with Gasteiger partial charge in [0.2, 0.25) is 20.9 Å². The van der Waals surface area contributed by atoms with E-state index in [1.165, 1.54) is 12.1 Å². The van der Waals surface area contributed by atoms with Crippen LogP contribution in [0.1, 0.15) is 35.8 Å². The van der Waals surface area contributed by atoms with Crippen LogP contribution in [0.5, 0.6) is 11.6 Å². The normalized spacial score (nSPS) is 15.9. The Kier molecular flexibility index (Phi) is 6.59. The summed E-state index contributed by atoms with van der Waals surface area (Å²) < 4.78 is 84.1. The van der Waals surface area contributed by atoms with Crippen molar-refractivity contribution in [3.63, 3.8) is 0 Å². The summed E-state index contributed by atoms with van der Waals surface area (Å²) in [6.45, 7) is 0.451. The molecular weight excluding hydrogens is 452 g/mol. The van der Waals surface area contributed by atoms with Gasteiger partial charge in [-0.05, 0) is 43.0 Å². The van der Waals surface area contributed by atoms with Crippen LogP contribution in [0.3, 0.4) is 0 Å². The van der Waals surface area contributed by atoms with Crippen molar-refractivity contribution in [2.45, 2.75) is 31.7 Å². The van der Waals surface area contributed by atoms with Crippen molar-refractivity contribution in [2.24, 2.45) is 5.92 Å². The molecule has 0 unspecified atom stereocenters. The summed E-state index contributed by atoms with van der Waals surface area (Å²) in [5, 5.41) is 1.000. The third-order valence-electron chi connectivity index (χ3n) is 4.65. The number of nitrogens with zero attached hydrogens (tertiary/aromatic N) is 1. The van der Waals surface area contributed by atoms with Gasteiger partial charge in [-0.1, -0.05) is 18.2 Å². The van der Waals surface area contributed by atoms with E-state index in [4.69, 9.17) is 4.74 Å². The Labute approximate surface area is 182 Å². The van der Waals surface area contributed by atoms with Crippen LogP contribution in [0.25, 0.3) is 0 Å². The lowest BCUT2D eigenvalue weighted by Gasteiger charge is -2.18. The zero-order valence-corrected chi connectivity index (χ0v) is 17.9. The molecule has 1 amide bonds. The molecule has 0 aliphatic heterocycles. The summed E-state index contributed by atoms with van der Waals surface area (Å²) in [6.07, 6.45) is 2.67. The summed E-state index contributed by atoms with van der Waals surface area (Å²) in [5.41, 5.74) is -1.71. The standard InChI is InChI=1S/C21H20F4N2O4S/c1-21(24,25)18-15(22)10-14(20(27-18)31-13-6-4-3-5-7-13)19(28)26-16(12-8-9-12)11-17(23)32(2,29)30/h3-7,10-12,16H,8-9H2,1-2H3,(H,26,28)/b17-11+/t16-/m1/s1. The number of alkyl halides is 2. The number of carbonyl (C=O) groups is 1. The molecule has 0 saturated heterocycles. The SMILES string of the molecule is CC(F)(F)c1nc(Oc2ccccc2)c(C(=O)N[C@H](/C=C(\F)S(C)(=O)=O)C2CC2)cc1F. The molecule has 0 spiro atoms. The van der Waals surface area contributed by atoms with Crippen LogP contribution >= 0.6 is 0 Å². The number of benzene rings is 1. The number of pyridine rings is 1. The van der Waals surface area contributed by atoms with E-state index in [1.54, 1.807) is 18.2 Å². The lowest BCUT2D eigenvalue weighted by Crippen LogP contribution is -2.36. The van der Waals surface area contributed by atoms with Crippen LogP contribution in [-0.2, 0) is 15.8 Å². The van der Waals surface area contributed by atoms with Crippen LogP contribution in [0.2, 0.25) is 0 Å². The third-order valence-corrected chi connectivity index (χ3v) is 5.50. The predicted octanol–water partition coefficient (Wildman–Crippen LogP) is 4.49. The molecule has 1 atom stereocenters. The van der Waals surface area contributed by atoms with Crippen molar-refractivity contribution >= 4 is 15.7 Å². The maximum absolute atomic E-state index is 14.4. The molecule has 11 heteroatoms. The van der Waals surface area contributed by atoms with E-state index in [-0.39, 0.29) is 11.7 Å². The third kappa shape index (κ3) is 5.84. The van der Waals surface area contributed by atoms with Gasteiger partial charge < -0.3 is 10.1 Å². The number of para-hydroxylation sites is 1. The predicted molar refractivity (Wildman–Crippen MR) is 108 cm³/mol. The smallest absolute Gasteiger partial charge is 0.290 e. The lowest BCUT2D eigenvalue weighted by molar-refractivity contribution is 0.00818. The number of ether oxygens (including phenoxy) is 1. The number of hydrogen-bond donors (Lipinski definition) is 1. The molecule has 1 aliphatic rings. The molecular formula is C21H20F4N2O4S. The van der Waals surface area contributed by atoms with E-state index in [2.05, 4.69) is 10.3 Å². The highest BCUT2D eigenvalue weighted by Gasteiger charge is 2.36. The first kappa shape index (κ1) is 23.7. The highest BCUT2D eigenvalue weighted by molar-refractivity contribution is 7.94. The van der Waals surface area contributed by atoms with Crippen LogP contribution < -0.4 is 10.1 Å². The van der Waals surface area contributed by atoms with Crippen molar-refractivity contribution in [1.82, 2.24) is 10.3 Å². The van der Waals surface area contributed by atoms with Gasteiger partial charge in [-0.15, -0.1) is 0 Å². The zero-order valence-electron chi connectivity index (χ0n) is 17.1. The minimum absolute atomic E-state index is 0.160. The average Bonchev–Trinajstić information content (AvgIpc) is 3.53. The molecule has 172 valence electrons. The Hall–Kier alpha value is -2.95. The van der Waals surface area contributed by atoms with Gasteiger partial charge in [0, 0.05) is 13.2 Å². The molecule has 1 heterocycles. The maximum Gasteiger partial charge on any atom is 0.290 e. The fourth-order valence-corrected chi connectivity index (χ4v) is 3.26. The number of carbonyl (C=O) groups excluding carboxylic acids is 1. The van der Waals surface area contributed by atoms with E-state index in [0.717, 1.165) is 6.08 Å². The Bertz CT molecular complexity index is 1140. The lowest BCUT2D eigenvalue weighted by atomic mass is 10.1. The van der Waals surface area contributed by atoms with Crippen LogP contribution in [0.4, 0.5) is 17.6 Å². The minimum Gasteiger partial charge on any atom is -0.438 e. The van der Waals surface area contributed by atoms with Gasteiger partial charge in [-0.2, -0.15) is 13.2 Å². The number of nitrogens with one attached hydrogen (secondary N) is 1. The summed E-state index contributed by atoms with van der Waals surface area (Å²) in [4.78, 5) is 16.4. The number of rotatable bonds is 8. The van der Waals surface area contributed by atoms with Crippen LogP contribution in [-0.4, -0.2) is 31.6 Å².